The lowest BCUT2D eigenvalue weighted by molar-refractivity contribution is -0.123. The number of nitrogens with zero attached hydrogens (tertiary/aromatic N) is 2. The minimum absolute atomic E-state index is 0.102. The quantitative estimate of drug-likeness (QED) is 0.178. The Morgan fingerprint density at radius 2 is 1.05 bits per heavy atom. The van der Waals surface area contributed by atoms with Crippen molar-refractivity contribution in [1.82, 2.24) is 21.3 Å². The average molecular weight is 603 g/mol. The molecule has 0 spiro atoms. The Labute approximate surface area is 256 Å². The van der Waals surface area contributed by atoms with Crippen LogP contribution in [0.3, 0.4) is 0 Å². The Morgan fingerprint density at radius 1 is 0.659 bits per heavy atom. The predicted octanol–water partition coefficient (Wildman–Crippen LogP) is 2.90. The summed E-state index contributed by atoms with van der Waals surface area (Å²) >= 11 is 0. The molecule has 0 heterocycles. The summed E-state index contributed by atoms with van der Waals surface area (Å²) in [5, 5.41) is 33.0. The summed E-state index contributed by atoms with van der Waals surface area (Å²) in [4.78, 5) is 63.4. The van der Waals surface area contributed by atoms with Gasteiger partial charge in [0.05, 0.1) is 12.1 Å². The summed E-state index contributed by atoms with van der Waals surface area (Å²) in [7, 11) is 0. The van der Waals surface area contributed by atoms with Gasteiger partial charge in [0.15, 0.2) is 0 Å². The van der Waals surface area contributed by atoms with Crippen LogP contribution in [-0.4, -0.2) is 54.8 Å². The Hall–Kier alpha value is -5.43. The molecule has 13 nitrogen and oxygen atoms in total. The number of nitrogens with one attached hydrogen (secondary N) is 6. The molecule has 232 valence electrons. The second-order valence-electron chi connectivity index (χ2n) is 10.8. The van der Waals surface area contributed by atoms with Gasteiger partial charge < -0.3 is 31.9 Å². The van der Waals surface area contributed by atoms with Gasteiger partial charge in [-0.2, -0.15) is 10.5 Å². The zero-order valence-corrected chi connectivity index (χ0v) is 25.2. The van der Waals surface area contributed by atoms with E-state index >= 15 is 0 Å². The van der Waals surface area contributed by atoms with Crippen molar-refractivity contribution in [2.75, 3.05) is 23.7 Å². The van der Waals surface area contributed by atoms with Crippen molar-refractivity contribution in [3.05, 3.63) is 59.7 Å². The van der Waals surface area contributed by atoms with Gasteiger partial charge in [-0.15, -0.1) is 0 Å². The highest BCUT2D eigenvalue weighted by Gasteiger charge is 2.24. The standard InChI is InChI=1S/C31H38N8O5/c1-19(2)15-25(29(42)34-13-11-32)38-27(40)21-7-5-9-23(17-21)36-31(44)37-24-10-6-8-22(18-24)28(41)39-26(16-20(3)4)30(43)35-14-12-33/h5-10,17-20,25-26H,13-16H2,1-4H3,(H,34,42)(H,35,43)(H,38,40)(H,39,41)(H2,36,37,44). The fraction of sp³-hybridized carbons (Fsp3) is 0.387. The minimum Gasteiger partial charge on any atom is -0.341 e. The van der Waals surface area contributed by atoms with Crippen LogP contribution in [0.5, 0.6) is 0 Å². The van der Waals surface area contributed by atoms with Crippen LogP contribution < -0.4 is 31.9 Å². The summed E-state index contributed by atoms with van der Waals surface area (Å²) < 4.78 is 0. The van der Waals surface area contributed by atoms with Crippen molar-refractivity contribution in [3.63, 3.8) is 0 Å². The zero-order valence-electron chi connectivity index (χ0n) is 25.2. The number of carbonyl (C=O) groups is 5. The van der Waals surface area contributed by atoms with Crippen LogP contribution in [-0.2, 0) is 9.59 Å². The highest BCUT2D eigenvalue weighted by atomic mass is 16.2. The van der Waals surface area contributed by atoms with Gasteiger partial charge in [-0.3, -0.25) is 19.2 Å². The lowest BCUT2D eigenvalue weighted by atomic mass is 10.0. The molecular formula is C31H38N8O5. The van der Waals surface area contributed by atoms with E-state index in [1.54, 1.807) is 24.3 Å². The number of nitriles is 2. The molecule has 0 bridgehead atoms. The zero-order chi connectivity index (χ0) is 32.6. The fourth-order valence-corrected chi connectivity index (χ4v) is 4.16. The molecule has 2 aromatic rings. The van der Waals surface area contributed by atoms with Gasteiger partial charge in [-0.05, 0) is 61.1 Å². The number of hydrogen-bond acceptors (Lipinski definition) is 7. The highest BCUT2D eigenvalue weighted by Crippen LogP contribution is 2.15. The van der Waals surface area contributed by atoms with Crippen LogP contribution in [0.2, 0.25) is 0 Å². The second-order valence-corrected chi connectivity index (χ2v) is 10.8. The van der Waals surface area contributed by atoms with Crippen LogP contribution in [0, 0.1) is 34.5 Å². The van der Waals surface area contributed by atoms with Gasteiger partial charge in [-0.1, -0.05) is 39.8 Å². The van der Waals surface area contributed by atoms with E-state index in [-0.39, 0.29) is 36.1 Å². The topological polar surface area (TPSA) is 205 Å². The van der Waals surface area contributed by atoms with Gasteiger partial charge in [0.2, 0.25) is 11.8 Å². The van der Waals surface area contributed by atoms with Crippen LogP contribution in [0.15, 0.2) is 48.5 Å². The van der Waals surface area contributed by atoms with Crippen molar-refractivity contribution < 1.29 is 24.0 Å². The van der Waals surface area contributed by atoms with Crippen molar-refractivity contribution in [3.8, 4) is 12.1 Å². The van der Waals surface area contributed by atoms with E-state index in [9.17, 15) is 24.0 Å². The lowest BCUT2D eigenvalue weighted by Gasteiger charge is -2.20. The Balaban J connectivity index is 2.07. The summed E-state index contributed by atoms with van der Waals surface area (Å²) in [6.07, 6.45) is 0.737. The monoisotopic (exact) mass is 602 g/mol. The number of rotatable bonds is 14. The number of anilines is 2. The van der Waals surface area contributed by atoms with E-state index in [1.807, 2.05) is 39.8 Å². The molecule has 0 aliphatic heterocycles. The second kappa shape index (κ2) is 17.5. The summed E-state index contributed by atoms with van der Waals surface area (Å²) in [6.45, 7) is 7.27. The SMILES string of the molecule is CC(C)CC(NC(=O)c1cccc(NC(=O)Nc2cccc(C(=O)NC(CC(C)C)C(=O)NCC#N)c2)c1)C(=O)NCC#N. The predicted molar refractivity (Wildman–Crippen MR) is 164 cm³/mol. The molecule has 0 saturated carbocycles. The molecule has 6 amide bonds. The first-order valence-electron chi connectivity index (χ1n) is 14.1. The van der Waals surface area contributed by atoms with Crippen molar-refractivity contribution in [2.24, 2.45) is 11.8 Å². The Morgan fingerprint density at radius 3 is 1.39 bits per heavy atom. The molecule has 44 heavy (non-hydrogen) atoms. The molecule has 2 atom stereocenters. The van der Waals surface area contributed by atoms with Crippen LogP contribution in [0.25, 0.3) is 0 Å². The molecule has 0 aliphatic carbocycles. The highest BCUT2D eigenvalue weighted by molar-refractivity contribution is 6.03. The fourth-order valence-electron chi connectivity index (χ4n) is 4.16. The Bertz CT molecular complexity index is 1320. The normalized spacial score (nSPS) is 11.7. The van der Waals surface area contributed by atoms with Crippen molar-refractivity contribution in [2.45, 2.75) is 52.6 Å². The van der Waals surface area contributed by atoms with Crippen molar-refractivity contribution in [1.29, 1.82) is 10.5 Å². The molecule has 13 heteroatoms. The maximum Gasteiger partial charge on any atom is 0.323 e. The summed E-state index contributed by atoms with van der Waals surface area (Å²) in [5.41, 5.74) is 1.02. The van der Waals surface area contributed by atoms with E-state index in [1.165, 1.54) is 24.3 Å². The lowest BCUT2D eigenvalue weighted by Crippen LogP contribution is -2.47. The summed E-state index contributed by atoms with van der Waals surface area (Å²) in [5.74, 6) is -1.77. The number of hydrogen-bond donors (Lipinski definition) is 6. The van der Waals surface area contributed by atoms with Crippen molar-refractivity contribution >= 4 is 41.0 Å². The number of amides is 6. The maximum absolute atomic E-state index is 12.9. The largest absolute Gasteiger partial charge is 0.341 e. The molecule has 0 aliphatic rings. The third-order valence-corrected chi connectivity index (χ3v) is 6.11. The summed E-state index contributed by atoms with van der Waals surface area (Å²) in [6, 6.07) is 13.6. The van der Waals surface area contributed by atoms with E-state index in [4.69, 9.17) is 10.5 Å². The molecule has 0 saturated heterocycles. The van der Waals surface area contributed by atoms with Crippen LogP contribution in [0.4, 0.5) is 16.2 Å². The minimum atomic E-state index is -0.840. The van der Waals surface area contributed by atoms with E-state index < -0.39 is 41.7 Å². The first kappa shape index (κ1) is 34.8. The molecular weight excluding hydrogens is 564 g/mol. The third kappa shape index (κ3) is 11.8. The van der Waals surface area contributed by atoms with Gasteiger partial charge in [0.25, 0.3) is 11.8 Å². The number of carbonyl (C=O) groups excluding carboxylic acids is 5. The number of urea groups is 1. The molecule has 0 aromatic heterocycles. The van der Waals surface area contributed by atoms with Crippen LogP contribution in [0.1, 0.15) is 61.3 Å². The first-order valence-corrected chi connectivity index (χ1v) is 14.1. The van der Waals surface area contributed by atoms with E-state index in [0.717, 1.165) is 0 Å². The molecule has 6 N–H and O–H groups in total. The molecule has 0 radical (unpaired) electrons. The van der Waals surface area contributed by atoms with Gasteiger partial charge >= 0.3 is 6.03 Å². The first-order chi connectivity index (χ1) is 20.9. The van der Waals surface area contributed by atoms with Gasteiger partial charge in [0, 0.05) is 22.5 Å². The van der Waals surface area contributed by atoms with Crippen LogP contribution >= 0.6 is 0 Å². The molecule has 2 unspecified atom stereocenters. The van der Waals surface area contributed by atoms with Gasteiger partial charge in [0.1, 0.15) is 25.2 Å². The van der Waals surface area contributed by atoms with E-state index in [2.05, 4.69) is 31.9 Å². The molecule has 0 fully saturated rings. The number of benzene rings is 2. The van der Waals surface area contributed by atoms with Gasteiger partial charge in [-0.25, -0.2) is 4.79 Å². The third-order valence-electron chi connectivity index (χ3n) is 6.11. The average Bonchev–Trinajstić information content (AvgIpc) is 2.97. The van der Waals surface area contributed by atoms with E-state index in [0.29, 0.717) is 24.2 Å². The Kier molecular flexibility index (Phi) is 13.8. The maximum atomic E-state index is 12.9. The molecule has 2 aromatic carbocycles. The smallest absolute Gasteiger partial charge is 0.323 e. The molecule has 2 rings (SSSR count).